The molecule has 1 saturated carbocycles. The zero-order valence-electron chi connectivity index (χ0n) is 23.9. The summed E-state index contributed by atoms with van der Waals surface area (Å²) in [5.74, 6) is 0.328. The van der Waals surface area contributed by atoms with Gasteiger partial charge in [0.2, 0.25) is 0 Å². The number of nitrogens with one attached hydrogen (secondary N) is 1. The second-order valence-electron chi connectivity index (χ2n) is 11.8. The second kappa shape index (κ2) is 11.4. The van der Waals surface area contributed by atoms with Gasteiger partial charge in [-0.2, -0.15) is 4.31 Å². The summed E-state index contributed by atoms with van der Waals surface area (Å²) in [6, 6.07) is 9.29. The van der Waals surface area contributed by atoms with Gasteiger partial charge in [-0.1, -0.05) is 6.07 Å². The molecule has 3 N–H and O–H groups in total. The predicted octanol–water partition coefficient (Wildman–Crippen LogP) is 0.609. The van der Waals surface area contributed by atoms with Crippen molar-refractivity contribution in [1.29, 1.82) is 0 Å². The van der Waals surface area contributed by atoms with E-state index < -0.39 is 42.9 Å². The molecule has 0 amide bonds. The number of imidazole rings is 1. The van der Waals surface area contributed by atoms with E-state index >= 15 is 0 Å². The fourth-order valence-corrected chi connectivity index (χ4v) is 9.12. The predicted molar refractivity (Wildman–Crippen MR) is 156 cm³/mol. The van der Waals surface area contributed by atoms with E-state index in [1.807, 2.05) is 0 Å². The van der Waals surface area contributed by atoms with Crippen LogP contribution in [0.3, 0.4) is 0 Å². The van der Waals surface area contributed by atoms with Gasteiger partial charge in [0.05, 0.1) is 34.8 Å². The lowest BCUT2D eigenvalue weighted by Gasteiger charge is -2.37. The number of fused-ring (bicyclic) bond motifs is 1. The average molecular weight is 636 g/mol. The largest absolute Gasteiger partial charge is 0.491 e. The Balaban J connectivity index is 0.973. The molecule has 13 nitrogen and oxygen atoms in total. The number of aromatic nitrogens is 3. The molecular formula is C28H37N5O8S2. The van der Waals surface area contributed by atoms with Crippen LogP contribution >= 0.6 is 0 Å². The lowest BCUT2D eigenvalue weighted by Crippen LogP contribution is -2.47. The van der Waals surface area contributed by atoms with Gasteiger partial charge in [0.25, 0.3) is 10.0 Å². The van der Waals surface area contributed by atoms with Crippen LogP contribution in [0, 0.1) is 0 Å². The number of hydrogen-bond acceptors (Lipinski definition) is 11. The topological polar surface area (TPSA) is 173 Å². The molecule has 2 atom stereocenters. The molecule has 43 heavy (non-hydrogen) atoms. The monoisotopic (exact) mass is 635 g/mol. The summed E-state index contributed by atoms with van der Waals surface area (Å²) < 4.78 is 66.3. The number of hydrogen-bond donors (Lipinski definition) is 3. The molecule has 2 saturated heterocycles. The van der Waals surface area contributed by atoms with Gasteiger partial charge >= 0.3 is 0 Å². The number of rotatable bonds is 11. The molecule has 3 aliphatic rings. The van der Waals surface area contributed by atoms with Crippen molar-refractivity contribution in [2.45, 2.75) is 64.5 Å². The van der Waals surface area contributed by atoms with Gasteiger partial charge in [0.15, 0.2) is 20.5 Å². The molecule has 1 aliphatic carbocycles. The zero-order chi connectivity index (χ0) is 30.5. The summed E-state index contributed by atoms with van der Waals surface area (Å²) in [6.07, 6.45) is 3.43. The molecule has 6 rings (SSSR count). The lowest BCUT2D eigenvalue weighted by molar-refractivity contribution is -0.0312. The average Bonchev–Trinajstić information content (AvgIpc) is 3.62. The third-order valence-corrected chi connectivity index (χ3v) is 13.2. The highest BCUT2D eigenvalue weighted by molar-refractivity contribution is 7.93. The Hall–Kier alpha value is -2.66. The van der Waals surface area contributed by atoms with Crippen molar-refractivity contribution in [3.63, 3.8) is 0 Å². The van der Waals surface area contributed by atoms with Crippen LogP contribution in [0.1, 0.15) is 32.1 Å². The quantitative estimate of drug-likeness (QED) is 0.269. The first kappa shape index (κ1) is 30.4. The van der Waals surface area contributed by atoms with Crippen molar-refractivity contribution in [3.05, 3.63) is 42.7 Å². The van der Waals surface area contributed by atoms with Gasteiger partial charge in [-0.05, 0) is 62.4 Å². The normalized spacial score (nSPS) is 22.6. The molecule has 234 valence electrons. The van der Waals surface area contributed by atoms with Crippen molar-refractivity contribution in [2.75, 3.05) is 39.5 Å². The molecule has 1 spiro atoms. The lowest BCUT2D eigenvalue weighted by atomic mass is 9.88. The molecule has 1 unspecified atom stereocenters. The van der Waals surface area contributed by atoms with Crippen molar-refractivity contribution < 1.29 is 36.5 Å². The van der Waals surface area contributed by atoms with E-state index in [9.17, 15) is 27.0 Å². The maximum absolute atomic E-state index is 13.3. The molecule has 2 aliphatic heterocycles. The maximum atomic E-state index is 13.3. The molecule has 0 bridgehead atoms. The van der Waals surface area contributed by atoms with Crippen LogP contribution in [-0.4, -0.2) is 108 Å². The minimum Gasteiger partial charge on any atom is -0.491 e. The van der Waals surface area contributed by atoms with E-state index in [0.29, 0.717) is 68.7 Å². The van der Waals surface area contributed by atoms with Gasteiger partial charge in [0.1, 0.15) is 24.0 Å². The van der Waals surface area contributed by atoms with Crippen molar-refractivity contribution in [2.24, 2.45) is 7.05 Å². The van der Waals surface area contributed by atoms with Gasteiger partial charge in [-0.15, -0.1) is 0 Å². The van der Waals surface area contributed by atoms with E-state index in [4.69, 9.17) is 9.47 Å². The third kappa shape index (κ3) is 5.79. The number of aryl methyl sites for hydroxylation is 1. The fraction of sp³-hybridized carbons (Fsp3) is 0.571. The number of piperidine rings is 1. The Morgan fingerprint density at radius 2 is 1.91 bits per heavy atom. The highest BCUT2D eigenvalue weighted by atomic mass is 32.2. The molecule has 2 aromatic heterocycles. The summed E-state index contributed by atoms with van der Waals surface area (Å²) in [7, 11) is -5.65. The standard InChI is InChI=1S/C28H37N5O8S2/c1-32-19-30-24-5-6-25(31-26(24)32)43(38,39)33-11-9-27(10-12-33)14-20(16-41-27)29-15-21(35)17-40-22-3-2-4-23(13-22)42(36,37)28(18-34)7-8-28/h2-6,13,19-21,29,34-35H,7-12,14-18H2,1H3/t20-,21?/m1/s1. The van der Waals surface area contributed by atoms with Crippen LogP contribution in [0.5, 0.6) is 5.75 Å². The Morgan fingerprint density at radius 3 is 2.63 bits per heavy atom. The van der Waals surface area contributed by atoms with Crippen LogP contribution in [0.4, 0.5) is 0 Å². The minimum atomic E-state index is -3.76. The minimum absolute atomic E-state index is 0.00611. The maximum Gasteiger partial charge on any atom is 0.260 e. The number of sulfone groups is 1. The first-order valence-electron chi connectivity index (χ1n) is 14.4. The summed E-state index contributed by atoms with van der Waals surface area (Å²) in [5.41, 5.74) is 0.726. The zero-order valence-corrected chi connectivity index (χ0v) is 25.6. The Kier molecular flexibility index (Phi) is 8.03. The summed E-state index contributed by atoms with van der Waals surface area (Å²) in [4.78, 5) is 8.65. The third-order valence-electron chi connectivity index (χ3n) is 8.85. The SMILES string of the molecule is Cn1cnc2ccc(S(=O)(=O)N3CCC4(CC3)C[C@@H](NCC(O)COc3cccc(S(=O)(=O)C5(CO)CC5)c3)CO4)nc21. The summed E-state index contributed by atoms with van der Waals surface area (Å²) in [5, 5.41) is 23.4. The number of aliphatic hydroxyl groups is 2. The molecule has 15 heteroatoms. The van der Waals surface area contributed by atoms with E-state index in [2.05, 4.69) is 15.3 Å². The Morgan fingerprint density at radius 1 is 1.14 bits per heavy atom. The Labute approximate surface area is 250 Å². The summed E-state index contributed by atoms with van der Waals surface area (Å²) in [6.45, 7) is 0.903. The van der Waals surface area contributed by atoms with Gasteiger partial charge < -0.3 is 29.6 Å². The van der Waals surface area contributed by atoms with Crippen LogP contribution < -0.4 is 10.1 Å². The van der Waals surface area contributed by atoms with Gasteiger partial charge in [-0.3, -0.25) is 0 Å². The van der Waals surface area contributed by atoms with Crippen LogP contribution in [0.2, 0.25) is 0 Å². The molecule has 3 aromatic rings. The Bertz CT molecular complexity index is 1700. The van der Waals surface area contributed by atoms with E-state index in [0.717, 1.165) is 0 Å². The van der Waals surface area contributed by atoms with E-state index in [-0.39, 0.29) is 29.1 Å². The smallest absolute Gasteiger partial charge is 0.260 e. The second-order valence-corrected chi connectivity index (χ2v) is 16.1. The van der Waals surface area contributed by atoms with Crippen molar-refractivity contribution >= 4 is 31.0 Å². The highest BCUT2D eigenvalue weighted by Crippen LogP contribution is 2.46. The molecule has 4 heterocycles. The van der Waals surface area contributed by atoms with E-state index in [1.165, 1.54) is 22.5 Å². The van der Waals surface area contributed by atoms with Crippen molar-refractivity contribution in [1.82, 2.24) is 24.2 Å². The van der Waals surface area contributed by atoms with Gasteiger partial charge in [0, 0.05) is 32.7 Å². The summed E-state index contributed by atoms with van der Waals surface area (Å²) >= 11 is 0. The molecule has 0 radical (unpaired) electrons. The van der Waals surface area contributed by atoms with Gasteiger partial charge in [-0.25, -0.2) is 26.8 Å². The van der Waals surface area contributed by atoms with Crippen LogP contribution in [0.25, 0.3) is 11.2 Å². The first-order valence-corrected chi connectivity index (χ1v) is 17.3. The molecule has 3 fully saturated rings. The number of benzene rings is 1. The highest BCUT2D eigenvalue weighted by Gasteiger charge is 2.54. The number of nitrogens with zero attached hydrogens (tertiary/aromatic N) is 4. The van der Waals surface area contributed by atoms with E-state index in [1.54, 1.807) is 36.1 Å². The molecule has 1 aromatic carbocycles. The number of sulfonamides is 1. The number of ether oxygens (including phenoxy) is 2. The first-order chi connectivity index (χ1) is 20.5. The van der Waals surface area contributed by atoms with Crippen LogP contribution in [0.15, 0.2) is 52.6 Å². The number of pyridine rings is 1. The molecular weight excluding hydrogens is 598 g/mol. The van der Waals surface area contributed by atoms with Crippen LogP contribution in [-0.2, 0) is 31.6 Å². The van der Waals surface area contributed by atoms with Crippen molar-refractivity contribution in [3.8, 4) is 5.75 Å². The number of aliphatic hydroxyl groups excluding tert-OH is 2. The fourth-order valence-electron chi connectivity index (χ4n) is 5.91.